The van der Waals surface area contributed by atoms with Gasteiger partial charge in [0.25, 0.3) is 0 Å². The van der Waals surface area contributed by atoms with Crippen molar-refractivity contribution in [2.75, 3.05) is 66.1 Å². The molecule has 15 heteroatoms. The Hall–Kier alpha value is -3.72. The maximum Gasteiger partial charge on any atom is 0.326 e. The van der Waals surface area contributed by atoms with E-state index >= 15 is 4.79 Å². The van der Waals surface area contributed by atoms with Crippen LogP contribution >= 0.6 is 23.2 Å². The molecule has 3 heterocycles. The highest BCUT2D eigenvalue weighted by Gasteiger charge is 2.45. The van der Waals surface area contributed by atoms with Crippen molar-refractivity contribution < 1.29 is 27.5 Å². The molecule has 3 aromatic rings. The third-order valence-electron chi connectivity index (χ3n) is 9.97. The molecule has 0 saturated carbocycles. The predicted octanol–water partition coefficient (Wildman–Crippen LogP) is 6.00. The standard InChI is InChI=1S/C39H48Cl2N6O6S/c1-4-53-34-17-16-32(54(50,51)46-18-6-5-7-19-46)24-33(34)38-43-36(28-8-12-30(40)13-9-28)37(29-10-14-31(41)15-11-29)47(38)39(49)45-22-20-44(21-23-45)25-35(48)42-27(2)26-52-3/h8-17,24,27,36-37H,4-7,18-23,25-26H2,1-3H3,(H,42,48)/t27?,36-,37+/m0/s1. The van der Waals surface area contributed by atoms with E-state index < -0.39 is 22.1 Å². The molecule has 0 bridgehead atoms. The van der Waals surface area contributed by atoms with Gasteiger partial charge in [-0.15, -0.1) is 0 Å². The van der Waals surface area contributed by atoms with Gasteiger partial charge in [-0.3, -0.25) is 19.6 Å². The quantitative estimate of drug-likeness (QED) is 0.239. The van der Waals surface area contributed by atoms with Crippen molar-refractivity contribution >= 4 is 51.0 Å². The molecular weight excluding hydrogens is 751 g/mol. The van der Waals surface area contributed by atoms with Crippen LogP contribution < -0.4 is 10.1 Å². The second-order valence-electron chi connectivity index (χ2n) is 13.8. The van der Waals surface area contributed by atoms with E-state index in [1.165, 1.54) is 4.31 Å². The number of methoxy groups -OCH3 is 1. The van der Waals surface area contributed by atoms with Gasteiger partial charge in [0.15, 0.2) is 0 Å². The summed E-state index contributed by atoms with van der Waals surface area (Å²) in [5.41, 5.74) is 2.02. The number of benzene rings is 3. The molecule has 2 fully saturated rings. The van der Waals surface area contributed by atoms with Gasteiger partial charge < -0.3 is 19.7 Å². The minimum Gasteiger partial charge on any atom is -0.493 e. The third kappa shape index (κ3) is 9.04. The Labute approximate surface area is 328 Å². The molecule has 3 aromatic carbocycles. The minimum atomic E-state index is -3.84. The zero-order chi connectivity index (χ0) is 38.4. The normalized spacial score (nSPS) is 20.4. The lowest BCUT2D eigenvalue weighted by Gasteiger charge is -2.39. The lowest BCUT2D eigenvalue weighted by molar-refractivity contribution is -0.123. The summed E-state index contributed by atoms with van der Waals surface area (Å²) in [6.45, 7) is 7.27. The second-order valence-corrected chi connectivity index (χ2v) is 16.7. The summed E-state index contributed by atoms with van der Waals surface area (Å²) in [6, 6.07) is 17.9. The average molecular weight is 800 g/mol. The van der Waals surface area contributed by atoms with Gasteiger partial charge in [0.2, 0.25) is 15.9 Å². The van der Waals surface area contributed by atoms with Crippen molar-refractivity contribution in [3.8, 4) is 5.75 Å². The number of nitrogens with zero attached hydrogens (tertiary/aromatic N) is 5. The number of amidine groups is 1. The number of carbonyl (C=O) groups excluding carboxylic acids is 2. The van der Waals surface area contributed by atoms with Gasteiger partial charge in [-0.2, -0.15) is 4.31 Å². The first-order valence-corrected chi connectivity index (χ1v) is 20.6. The average Bonchev–Trinajstić information content (AvgIpc) is 3.56. The van der Waals surface area contributed by atoms with Crippen molar-refractivity contribution in [3.05, 3.63) is 93.5 Å². The first-order chi connectivity index (χ1) is 26.0. The van der Waals surface area contributed by atoms with Crippen LogP contribution in [0.25, 0.3) is 0 Å². The first-order valence-electron chi connectivity index (χ1n) is 18.4. The van der Waals surface area contributed by atoms with Gasteiger partial charge in [-0.05, 0) is 80.3 Å². The van der Waals surface area contributed by atoms with Crippen LogP contribution in [0, 0.1) is 0 Å². The van der Waals surface area contributed by atoms with Crippen molar-refractivity contribution in [3.63, 3.8) is 0 Å². The maximum atomic E-state index is 15.1. The largest absolute Gasteiger partial charge is 0.493 e. The van der Waals surface area contributed by atoms with Crippen molar-refractivity contribution in [1.82, 2.24) is 24.3 Å². The highest BCUT2D eigenvalue weighted by atomic mass is 35.5. The molecule has 54 heavy (non-hydrogen) atoms. The summed E-state index contributed by atoms with van der Waals surface area (Å²) in [5.74, 6) is 0.606. The monoisotopic (exact) mass is 798 g/mol. The van der Waals surface area contributed by atoms with Crippen LogP contribution in [0.1, 0.15) is 61.9 Å². The summed E-state index contributed by atoms with van der Waals surface area (Å²) in [5, 5.41) is 4.06. The van der Waals surface area contributed by atoms with Crippen molar-refractivity contribution in [2.45, 2.75) is 56.1 Å². The van der Waals surface area contributed by atoms with E-state index in [-0.39, 0.29) is 29.4 Å². The molecule has 1 N–H and O–H groups in total. The highest BCUT2D eigenvalue weighted by molar-refractivity contribution is 7.89. The Morgan fingerprint density at radius 3 is 2.13 bits per heavy atom. The minimum absolute atomic E-state index is 0.107. The number of hydrogen-bond donors (Lipinski definition) is 1. The molecule has 3 aliphatic heterocycles. The Balaban J connectivity index is 1.41. The summed E-state index contributed by atoms with van der Waals surface area (Å²) in [6.07, 6.45) is 2.59. The molecule has 0 radical (unpaired) electrons. The van der Waals surface area contributed by atoms with Gasteiger partial charge >= 0.3 is 6.03 Å². The smallest absolute Gasteiger partial charge is 0.326 e. The molecule has 2 saturated heterocycles. The van der Waals surface area contributed by atoms with E-state index in [1.54, 1.807) is 59.4 Å². The molecule has 290 valence electrons. The molecule has 3 amide bonds. The van der Waals surface area contributed by atoms with Crippen LogP contribution in [-0.2, 0) is 19.6 Å². The number of sulfonamides is 1. The zero-order valence-electron chi connectivity index (χ0n) is 30.9. The third-order valence-corrected chi connectivity index (χ3v) is 12.4. The van der Waals surface area contributed by atoms with E-state index in [9.17, 15) is 13.2 Å². The van der Waals surface area contributed by atoms with Gasteiger partial charge in [0.05, 0.1) is 36.3 Å². The first kappa shape index (κ1) is 40.0. The molecular formula is C39H48Cl2N6O6S. The molecule has 0 aromatic heterocycles. The summed E-state index contributed by atoms with van der Waals surface area (Å²) < 4.78 is 40.8. The molecule has 3 aliphatic rings. The van der Waals surface area contributed by atoms with Gasteiger partial charge in [0.1, 0.15) is 17.6 Å². The Morgan fingerprint density at radius 1 is 0.889 bits per heavy atom. The Morgan fingerprint density at radius 2 is 1.52 bits per heavy atom. The van der Waals surface area contributed by atoms with E-state index in [0.717, 1.165) is 30.4 Å². The highest BCUT2D eigenvalue weighted by Crippen LogP contribution is 2.46. The molecule has 3 atom stereocenters. The number of piperidine rings is 1. The van der Waals surface area contributed by atoms with Gasteiger partial charge in [0, 0.05) is 62.5 Å². The van der Waals surface area contributed by atoms with Crippen LogP contribution in [0.15, 0.2) is 76.6 Å². The van der Waals surface area contributed by atoms with E-state index in [1.807, 2.05) is 43.0 Å². The molecule has 12 nitrogen and oxygen atoms in total. The lowest BCUT2D eigenvalue weighted by Crippen LogP contribution is -2.55. The topological polar surface area (TPSA) is 124 Å². The fourth-order valence-electron chi connectivity index (χ4n) is 7.30. The Bertz CT molecular complexity index is 1920. The van der Waals surface area contributed by atoms with Crippen LogP contribution in [0.5, 0.6) is 5.75 Å². The molecule has 0 aliphatic carbocycles. The van der Waals surface area contributed by atoms with Gasteiger partial charge in [-0.25, -0.2) is 13.2 Å². The van der Waals surface area contributed by atoms with Crippen molar-refractivity contribution in [1.29, 1.82) is 0 Å². The number of halogens is 2. The number of urea groups is 1. The number of carbonyl (C=O) groups is 2. The number of piperazine rings is 1. The van der Waals surface area contributed by atoms with Crippen molar-refractivity contribution in [2.24, 2.45) is 4.99 Å². The zero-order valence-corrected chi connectivity index (χ0v) is 33.2. The van der Waals surface area contributed by atoms with Crippen LogP contribution in [0.4, 0.5) is 4.79 Å². The number of rotatable bonds is 12. The second kappa shape index (κ2) is 17.8. The fraction of sp³-hybridized carbons (Fsp3) is 0.462. The van der Waals surface area contributed by atoms with Crippen LogP contribution in [-0.4, -0.2) is 117 Å². The van der Waals surface area contributed by atoms with E-state index in [2.05, 4.69) is 5.32 Å². The molecule has 0 spiro atoms. The number of nitrogens with one attached hydrogen (secondary N) is 1. The SMILES string of the molecule is CCOc1ccc(S(=O)(=O)N2CCCCC2)cc1C1=N[C@@H](c2ccc(Cl)cc2)[C@@H](c2ccc(Cl)cc2)N1C(=O)N1CCN(CC(=O)NC(C)COC)CC1. The summed E-state index contributed by atoms with van der Waals surface area (Å²) in [7, 11) is -2.24. The number of amides is 3. The number of aliphatic imine (C=N–C) groups is 1. The van der Waals surface area contributed by atoms with E-state index in [4.69, 9.17) is 37.7 Å². The Kier molecular flexibility index (Phi) is 13.2. The molecule has 6 rings (SSSR count). The molecule has 1 unspecified atom stereocenters. The fourth-order valence-corrected chi connectivity index (χ4v) is 9.10. The van der Waals surface area contributed by atoms with Crippen LogP contribution in [0.3, 0.4) is 0 Å². The summed E-state index contributed by atoms with van der Waals surface area (Å²) in [4.78, 5) is 38.6. The van der Waals surface area contributed by atoms with E-state index in [0.29, 0.717) is 79.7 Å². The lowest BCUT2D eigenvalue weighted by atomic mass is 9.93. The van der Waals surface area contributed by atoms with Crippen LogP contribution in [0.2, 0.25) is 10.0 Å². The maximum absolute atomic E-state index is 15.1. The van der Waals surface area contributed by atoms with Gasteiger partial charge in [-0.1, -0.05) is 53.9 Å². The predicted molar refractivity (Wildman–Crippen MR) is 210 cm³/mol. The number of hydrogen-bond acceptors (Lipinski definition) is 8. The summed E-state index contributed by atoms with van der Waals surface area (Å²) >= 11 is 12.7. The number of ether oxygens (including phenoxy) is 2.